The van der Waals surface area contributed by atoms with Crippen molar-refractivity contribution < 1.29 is 46.9 Å². The normalized spacial score (nSPS) is 17.1. The Morgan fingerprint density at radius 2 is 1.67 bits per heavy atom. The summed E-state index contributed by atoms with van der Waals surface area (Å²) in [7, 11) is -3.01. The van der Waals surface area contributed by atoms with Crippen LogP contribution in [0.3, 0.4) is 0 Å². The fourth-order valence-corrected chi connectivity index (χ4v) is 7.88. The van der Waals surface area contributed by atoms with Crippen LogP contribution in [0, 0.1) is 0 Å². The molecule has 0 unspecified atom stereocenters. The van der Waals surface area contributed by atoms with Crippen LogP contribution in [0.25, 0.3) is 0 Å². The molecule has 2 N–H and O–H groups in total. The Hall–Kier alpha value is -3.79. The van der Waals surface area contributed by atoms with Gasteiger partial charge in [0, 0.05) is 72.3 Å². The van der Waals surface area contributed by atoms with Gasteiger partial charge in [0.15, 0.2) is 5.71 Å². The third-order valence-electron chi connectivity index (χ3n) is 9.74. The number of amides is 1. The molecule has 0 spiro atoms. The molecule has 0 aliphatic carbocycles. The molecule has 1 amide bonds. The number of carbonyl (C=O) groups excluding carboxylic acids is 1. The molecule has 2 aliphatic heterocycles. The van der Waals surface area contributed by atoms with E-state index in [1.807, 2.05) is 56.4 Å². The highest BCUT2D eigenvalue weighted by molar-refractivity contribution is 7.94. The molecule has 2 aromatic carbocycles. The molecule has 52 heavy (non-hydrogen) atoms. The second kappa shape index (κ2) is 17.8. The van der Waals surface area contributed by atoms with Gasteiger partial charge in [-0.25, -0.2) is 8.42 Å². The lowest BCUT2D eigenvalue weighted by Gasteiger charge is -2.27. The summed E-state index contributed by atoms with van der Waals surface area (Å²) in [5, 5.41) is 25.7. The summed E-state index contributed by atoms with van der Waals surface area (Å²) < 4.78 is 42.5. The smallest absolute Gasteiger partial charge is 0.303 e. The average molecular weight is 755 g/mol. The summed E-state index contributed by atoms with van der Waals surface area (Å²) in [4.78, 5) is 25.3. The number of carbonyl (C=O) groups is 2. The molecule has 0 aromatic heterocycles. The second-order valence-corrected chi connectivity index (χ2v) is 16.1. The number of unbranched alkanes of at least 4 members (excludes halogenated alkanes) is 4. The maximum Gasteiger partial charge on any atom is 0.303 e. The van der Waals surface area contributed by atoms with Gasteiger partial charge < -0.3 is 25.1 Å². The number of rotatable bonds is 19. The number of aliphatic carboxylic acids is 1. The third-order valence-corrected chi connectivity index (χ3v) is 11.1. The van der Waals surface area contributed by atoms with E-state index < -0.39 is 26.9 Å². The van der Waals surface area contributed by atoms with Gasteiger partial charge in [-0.2, -0.15) is 8.91 Å². The minimum Gasteiger partial charge on any atom is -0.744 e. The van der Waals surface area contributed by atoms with Crippen molar-refractivity contribution >= 4 is 51.1 Å². The standard InChI is InChI=1S/C38H49N3O9S2/c1-37(2)29-25-27(51-50-49-45)19-21-31(29)40(24-14-8-12-18-36(43)44)33(37)15-9-6-10-16-34-38(3,4)30-26-28(52(46,47)48)20-22-32(30)41(34)23-13-7-11-17-35(42)39-5/h6,9-10,15-16,19-22,25-26H,7-8,11-14,17-18,23-24H2,1-5H3,(H3-,39,42,43,44,45,46,47,48)/p-1. The van der Waals surface area contributed by atoms with E-state index in [2.05, 4.69) is 44.1 Å². The van der Waals surface area contributed by atoms with Crippen LogP contribution < -0.4 is 15.5 Å². The highest BCUT2D eigenvalue weighted by Crippen LogP contribution is 2.48. The van der Waals surface area contributed by atoms with Gasteiger partial charge >= 0.3 is 5.97 Å². The van der Waals surface area contributed by atoms with Gasteiger partial charge in [-0.1, -0.05) is 38.5 Å². The van der Waals surface area contributed by atoms with E-state index in [9.17, 15) is 27.8 Å². The van der Waals surface area contributed by atoms with Crippen LogP contribution in [-0.4, -0.2) is 60.4 Å². The fourth-order valence-electron chi connectivity index (χ4n) is 6.99. The average Bonchev–Trinajstić information content (AvgIpc) is 3.43. The highest BCUT2D eigenvalue weighted by Gasteiger charge is 2.44. The number of carboxylic acids is 1. The molecule has 12 nitrogen and oxygen atoms in total. The molecule has 14 heteroatoms. The number of anilines is 1. The molecule has 0 bridgehead atoms. The van der Waals surface area contributed by atoms with Crippen molar-refractivity contribution in [2.45, 2.75) is 99.7 Å². The van der Waals surface area contributed by atoms with Crippen molar-refractivity contribution in [3.8, 4) is 0 Å². The number of hydrogen-bond donors (Lipinski definition) is 2. The predicted octanol–water partition coefficient (Wildman–Crippen LogP) is 5.94. The first-order chi connectivity index (χ1) is 24.6. The van der Waals surface area contributed by atoms with Crippen molar-refractivity contribution in [2.24, 2.45) is 0 Å². The van der Waals surface area contributed by atoms with E-state index in [0.717, 1.165) is 83.0 Å². The molecule has 4 rings (SSSR count). The molecule has 282 valence electrons. The molecule has 0 atom stereocenters. The minimum absolute atomic E-state index is 0.00365. The van der Waals surface area contributed by atoms with Crippen LogP contribution in [0.5, 0.6) is 0 Å². The summed E-state index contributed by atoms with van der Waals surface area (Å²) in [6.45, 7) is 9.63. The zero-order valence-corrected chi connectivity index (χ0v) is 32.0. The van der Waals surface area contributed by atoms with Crippen molar-refractivity contribution in [1.82, 2.24) is 5.32 Å². The number of hydrogen-bond acceptors (Lipinski definition) is 10. The molecule has 0 radical (unpaired) electrons. The van der Waals surface area contributed by atoms with Gasteiger partial charge in [-0.05, 0) is 81.5 Å². The number of benzene rings is 2. The highest BCUT2D eigenvalue weighted by atomic mass is 32.2. The first kappa shape index (κ1) is 41.0. The van der Waals surface area contributed by atoms with Gasteiger partial charge in [0.1, 0.15) is 16.7 Å². The first-order valence-electron chi connectivity index (χ1n) is 17.4. The molecule has 2 aliphatic rings. The molecule has 2 heterocycles. The van der Waals surface area contributed by atoms with E-state index in [4.69, 9.17) is 5.11 Å². The van der Waals surface area contributed by atoms with Gasteiger partial charge in [0.05, 0.1) is 22.4 Å². The lowest BCUT2D eigenvalue weighted by Crippen LogP contribution is -2.28. The minimum atomic E-state index is -4.63. The Morgan fingerprint density at radius 1 is 0.942 bits per heavy atom. The lowest BCUT2D eigenvalue weighted by atomic mass is 9.81. The van der Waals surface area contributed by atoms with Crippen LogP contribution >= 0.6 is 12.0 Å². The number of fused-ring (bicyclic) bond motifs is 2. The van der Waals surface area contributed by atoms with E-state index in [1.165, 1.54) is 12.1 Å². The molecule has 2 aromatic rings. The first-order valence-corrected chi connectivity index (χ1v) is 19.6. The predicted molar refractivity (Wildman–Crippen MR) is 197 cm³/mol. The van der Waals surface area contributed by atoms with Crippen molar-refractivity contribution in [1.29, 1.82) is 0 Å². The number of allylic oxidation sites excluding steroid dienone is 6. The molecular formula is C38H48N3O9S2-. The monoisotopic (exact) mass is 754 g/mol. The largest absolute Gasteiger partial charge is 0.744 e. The fraction of sp³-hybridized carbons (Fsp3) is 0.447. The van der Waals surface area contributed by atoms with Gasteiger partial charge in [-0.3, -0.25) is 14.6 Å². The number of nitrogens with zero attached hydrogens (tertiary/aromatic N) is 2. The molecule has 0 saturated heterocycles. The Bertz CT molecular complexity index is 1860. The van der Waals surface area contributed by atoms with Crippen LogP contribution in [0.15, 0.2) is 82.3 Å². The number of carboxylic acid groups (broad SMARTS) is 1. The van der Waals surface area contributed by atoms with E-state index in [-0.39, 0.29) is 17.2 Å². The van der Waals surface area contributed by atoms with E-state index in [0.29, 0.717) is 25.9 Å². The van der Waals surface area contributed by atoms with Gasteiger partial charge in [-0.15, -0.1) is 0 Å². The summed E-state index contributed by atoms with van der Waals surface area (Å²) in [6.07, 6.45) is 15.1. The van der Waals surface area contributed by atoms with Crippen molar-refractivity contribution in [3.63, 3.8) is 0 Å². The third kappa shape index (κ3) is 9.79. The summed E-state index contributed by atoms with van der Waals surface area (Å²) in [5.74, 6) is -0.797. The van der Waals surface area contributed by atoms with Gasteiger partial charge in [0.25, 0.3) is 0 Å². The molecular weight excluding hydrogens is 707 g/mol. The van der Waals surface area contributed by atoms with E-state index in [1.54, 1.807) is 13.1 Å². The molecule has 0 fully saturated rings. The number of nitrogens with one attached hydrogen (secondary N) is 1. The quantitative estimate of drug-likeness (QED) is 0.0331. The second-order valence-electron chi connectivity index (χ2n) is 14.0. The summed E-state index contributed by atoms with van der Waals surface area (Å²) in [6, 6.07) is 10.4. The van der Waals surface area contributed by atoms with Crippen LogP contribution in [0.2, 0.25) is 0 Å². The zero-order chi connectivity index (χ0) is 38.1. The summed E-state index contributed by atoms with van der Waals surface area (Å²) >= 11 is 0.841. The maximum atomic E-state index is 11.9. The Balaban J connectivity index is 1.62. The van der Waals surface area contributed by atoms with Crippen LogP contribution in [-0.2, 0) is 39.9 Å². The maximum absolute atomic E-state index is 11.9. The van der Waals surface area contributed by atoms with E-state index >= 15 is 0 Å². The lowest BCUT2D eigenvalue weighted by molar-refractivity contribution is -0.777. The zero-order valence-electron chi connectivity index (χ0n) is 30.3. The Kier molecular flexibility index (Phi) is 14.0. The van der Waals surface area contributed by atoms with Gasteiger partial charge in [0.2, 0.25) is 11.6 Å². The topological polar surface area (TPSA) is 171 Å². The SMILES string of the molecule is CNC(=O)CCCCCN1C(=CC=CC=CC2=[N+](CCCCCC(=O)O)c3ccc(SOO[O-])cc3C2(C)C)C(C)(C)c2cc(S(=O)(=O)[O-])ccc21. The van der Waals surface area contributed by atoms with Crippen LogP contribution in [0.4, 0.5) is 11.4 Å². The van der Waals surface area contributed by atoms with Crippen molar-refractivity contribution in [3.05, 3.63) is 83.6 Å². The Labute approximate surface area is 310 Å². The summed E-state index contributed by atoms with van der Waals surface area (Å²) in [5.41, 5.74) is 4.70. The van der Waals surface area contributed by atoms with Crippen molar-refractivity contribution in [2.75, 3.05) is 25.0 Å². The Morgan fingerprint density at radius 3 is 2.37 bits per heavy atom. The molecule has 0 saturated carbocycles. The van der Waals surface area contributed by atoms with Crippen LogP contribution in [0.1, 0.15) is 90.2 Å².